The maximum atomic E-state index is 6.02. The highest BCUT2D eigenvalue weighted by Crippen LogP contribution is 2.39. The molecule has 0 aliphatic carbocycles. The van der Waals surface area contributed by atoms with Crippen LogP contribution in [0.5, 0.6) is 11.5 Å². The van der Waals surface area contributed by atoms with Gasteiger partial charge in [-0.1, -0.05) is 29.8 Å². The minimum atomic E-state index is -0.277. The van der Waals surface area contributed by atoms with E-state index in [1.807, 2.05) is 18.2 Å². The summed E-state index contributed by atoms with van der Waals surface area (Å²) in [7, 11) is 0. The molecular formula is C19H19N5O2. The molecule has 0 amide bonds. The number of nitrogens with one attached hydrogen (secondary N) is 1. The molecule has 3 N–H and O–H groups in total. The van der Waals surface area contributed by atoms with Crippen LogP contribution in [0.1, 0.15) is 23.7 Å². The van der Waals surface area contributed by atoms with Gasteiger partial charge in [-0.25, -0.2) is 9.98 Å². The summed E-state index contributed by atoms with van der Waals surface area (Å²) in [5.41, 5.74) is 10.00. The van der Waals surface area contributed by atoms with Crippen molar-refractivity contribution in [2.24, 2.45) is 10.7 Å². The first-order chi connectivity index (χ1) is 12.7. The van der Waals surface area contributed by atoms with Crippen molar-refractivity contribution in [3.8, 4) is 11.5 Å². The highest BCUT2D eigenvalue weighted by atomic mass is 16.5. The Morgan fingerprint density at radius 1 is 1.15 bits per heavy atom. The molecule has 3 heterocycles. The fourth-order valence-corrected chi connectivity index (χ4v) is 3.48. The summed E-state index contributed by atoms with van der Waals surface area (Å²) in [4.78, 5) is 9.32. The number of guanidine groups is 1. The van der Waals surface area contributed by atoms with Crippen molar-refractivity contribution in [3.63, 3.8) is 0 Å². The molecule has 0 saturated heterocycles. The van der Waals surface area contributed by atoms with Crippen LogP contribution >= 0.6 is 0 Å². The third-order valence-corrected chi connectivity index (χ3v) is 4.64. The first-order valence-corrected chi connectivity index (χ1v) is 8.67. The second-order valence-corrected chi connectivity index (χ2v) is 6.57. The van der Waals surface area contributed by atoms with E-state index in [2.05, 4.69) is 40.0 Å². The molecule has 1 atom stereocenters. The van der Waals surface area contributed by atoms with Crippen molar-refractivity contribution in [2.75, 3.05) is 18.5 Å². The lowest BCUT2D eigenvalue weighted by molar-refractivity contribution is 0.297. The molecule has 3 aromatic rings. The molecule has 0 spiro atoms. The Morgan fingerprint density at radius 2 is 1.96 bits per heavy atom. The van der Waals surface area contributed by atoms with Gasteiger partial charge in [0.2, 0.25) is 5.95 Å². The molecule has 0 fully saturated rings. The lowest BCUT2D eigenvalue weighted by Gasteiger charge is -2.24. The maximum Gasteiger partial charge on any atom is 0.212 e. The number of hydrogen-bond acceptors (Lipinski definition) is 6. The van der Waals surface area contributed by atoms with Crippen LogP contribution in [0, 0.1) is 6.92 Å². The lowest BCUT2D eigenvalue weighted by Crippen LogP contribution is -2.31. The van der Waals surface area contributed by atoms with E-state index in [-0.39, 0.29) is 6.17 Å². The van der Waals surface area contributed by atoms with Crippen LogP contribution in [0.3, 0.4) is 0 Å². The monoisotopic (exact) mass is 349 g/mol. The van der Waals surface area contributed by atoms with Crippen LogP contribution in [0.15, 0.2) is 41.4 Å². The van der Waals surface area contributed by atoms with Crippen molar-refractivity contribution in [2.45, 2.75) is 19.5 Å². The summed E-state index contributed by atoms with van der Waals surface area (Å²) in [6.45, 7) is 3.35. The van der Waals surface area contributed by atoms with Crippen molar-refractivity contribution >= 4 is 22.9 Å². The number of aromatic nitrogens is 2. The van der Waals surface area contributed by atoms with Crippen LogP contribution in [-0.2, 0) is 0 Å². The van der Waals surface area contributed by atoms with Gasteiger partial charge in [-0.05, 0) is 12.5 Å². The van der Waals surface area contributed by atoms with Gasteiger partial charge in [0.15, 0.2) is 23.6 Å². The number of aryl methyl sites for hydroxylation is 1. The van der Waals surface area contributed by atoms with E-state index in [1.54, 1.807) is 0 Å². The molecule has 26 heavy (non-hydrogen) atoms. The Hall–Kier alpha value is -3.22. The predicted octanol–water partition coefficient (Wildman–Crippen LogP) is 2.79. The molecule has 7 heteroatoms. The molecule has 5 rings (SSSR count). The van der Waals surface area contributed by atoms with Gasteiger partial charge >= 0.3 is 0 Å². The highest BCUT2D eigenvalue weighted by molar-refractivity contribution is 5.95. The molecule has 2 aliphatic heterocycles. The maximum absolute atomic E-state index is 6.02. The molecule has 0 saturated carbocycles. The van der Waals surface area contributed by atoms with E-state index in [0.717, 1.165) is 34.5 Å². The number of fused-ring (bicyclic) bond motifs is 4. The number of rotatable bonds is 1. The fraction of sp³-hybridized carbons (Fsp3) is 0.263. The van der Waals surface area contributed by atoms with E-state index < -0.39 is 0 Å². The summed E-state index contributed by atoms with van der Waals surface area (Å²) in [5.74, 6) is 2.49. The SMILES string of the molecule is Cc1cccc([C@H]2N=C(N)Nc3nc4cc5c(cc4n32)OCCCO5)c1. The Balaban J connectivity index is 1.72. The highest BCUT2D eigenvalue weighted by Gasteiger charge is 2.26. The van der Waals surface area contributed by atoms with Gasteiger partial charge in [-0.2, -0.15) is 0 Å². The second-order valence-electron chi connectivity index (χ2n) is 6.57. The Bertz CT molecular complexity index is 1040. The number of ether oxygens (including phenoxy) is 2. The van der Waals surface area contributed by atoms with Gasteiger partial charge < -0.3 is 15.2 Å². The zero-order chi connectivity index (χ0) is 17.7. The molecule has 0 unspecified atom stereocenters. The molecule has 1 aromatic heterocycles. The second kappa shape index (κ2) is 5.66. The minimum absolute atomic E-state index is 0.277. The Kier molecular flexibility index (Phi) is 3.28. The Labute approximate surface area is 150 Å². The summed E-state index contributed by atoms with van der Waals surface area (Å²) in [5, 5.41) is 3.06. The standard InChI is InChI=1S/C19H19N5O2/c1-11-4-2-5-12(8-11)17-22-18(20)23-19-21-13-9-15-16(10-14(13)24(17)19)26-7-3-6-25-15/h2,4-5,8-10,17H,3,6-7H2,1H3,(H3,20,21,22,23)/t17-/m0/s1. The summed E-state index contributed by atoms with van der Waals surface area (Å²) in [6, 6.07) is 12.2. The van der Waals surface area contributed by atoms with Crippen LogP contribution in [0.2, 0.25) is 0 Å². The van der Waals surface area contributed by atoms with Crippen LogP contribution in [-0.4, -0.2) is 28.7 Å². The van der Waals surface area contributed by atoms with Gasteiger partial charge in [0, 0.05) is 18.6 Å². The third-order valence-electron chi connectivity index (χ3n) is 4.64. The van der Waals surface area contributed by atoms with Crippen molar-refractivity contribution in [3.05, 3.63) is 47.5 Å². The average molecular weight is 349 g/mol. The van der Waals surface area contributed by atoms with Gasteiger partial charge in [-0.15, -0.1) is 0 Å². The quantitative estimate of drug-likeness (QED) is 0.705. The normalized spacial score (nSPS) is 18.7. The van der Waals surface area contributed by atoms with E-state index in [1.165, 1.54) is 5.56 Å². The average Bonchev–Trinajstić information content (AvgIpc) is 2.81. The van der Waals surface area contributed by atoms with Gasteiger partial charge in [-0.3, -0.25) is 9.88 Å². The molecule has 2 aliphatic rings. The number of hydrogen-bond donors (Lipinski definition) is 2. The van der Waals surface area contributed by atoms with Crippen molar-refractivity contribution in [1.82, 2.24) is 9.55 Å². The Morgan fingerprint density at radius 3 is 2.77 bits per heavy atom. The lowest BCUT2D eigenvalue weighted by atomic mass is 10.1. The number of anilines is 1. The molecule has 132 valence electrons. The number of imidazole rings is 1. The predicted molar refractivity (Wildman–Crippen MR) is 99.9 cm³/mol. The zero-order valence-corrected chi connectivity index (χ0v) is 14.4. The van der Waals surface area contributed by atoms with Crippen LogP contribution in [0.4, 0.5) is 5.95 Å². The van der Waals surface area contributed by atoms with Crippen molar-refractivity contribution < 1.29 is 9.47 Å². The third kappa shape index (κ3) is 2.35. The molecule has 2 aromatic carbocycles. The fourth-order valence-electron chi connectivity index (χ4n) is 3.48. The first kappa shape index (κ1) is 15.1. The number of benzene rings is 2. The van der Waals surface area contributed by atoms with E-state index in [9.17, 15) is 0 Å². The number of nitrogens with two attached hydrogens (primary N) is 1. The molecular weight excluding hydrogens is 330 g/mol. The zero-order valence-electron chi connectivity index (χ0n) is 14.4. The van der Waals surface area contributed by atoms with Gasteiger partial charge in [0.05, 0.1) is 24.2 Å². The first-order valence-electron chi connectivity index (χ1n) is 8.67. The van der Waals surface area contributed by atoms with Gasteiger partial charge in [0.25, 0.3) is 0 Å². The van der Waals surface area contributed by atoms with Gasteiger partial charge in [0.1, 0.15) is 0 Å². The summed E-state index contributed by atoms with van der Waals surface area (Å²) < 4.78 is 13.7. The largest absolute Gasteiger partial charge is 0.489 e. The molecule has 0 radical (unpaired) electrons. The smallest absolute Gasteiger partial charge is 0.212 e. The van der Waals surface area contributed by atoms with E-state index in [4.69, 9.17) is 20.2 Å². The van der Waals surface area contributed by atoms with E-state index in [0.29, 0.717) is 25.1 Å². The minimum Gasteiger partial charge on any atom is -0.489 e. The molecule has 0 bridgehead atoms. The molecule has 7 nitrogen and oxygen atoms in total. The number of aliphatic imine (C=N–C) groups is 1. The summed E-state index contributed by atoms with van der Waals surface area (Å²) >= 11 is 0. The van der Waals surface area contributed by atoms with Crippen LogP contribution < -0.4 is 20.5 Å². The number of nitrogens with zero attached hydrogens (tertiary/aromatic N) is 3. The topological polar surface area (TPSA) is 86.7 Å². The van der Waals surface area contributed by atoms with Crippen LogP contribution in [0.25, 0.3) is 11.0 Å². The van der Waals surface area contributed by atoms with E-state index >= 15 is 0 Å². The summed E-state index contributed by atoms with van der Waals surface area (Å²) in [6.07, 6.45) is 0.590. The van der Waals surface area contributed by atoms with Crippen molar-refractivity contribution in [1.29, 1.82) is 0 Å².